The molecule has 0 saturated carbocycles. The van der Waals surface area contributed by atoms with E-state index in [-0.39, 0.29) is 41.6 Å². The smallest absolute Gasteiger partial charge is 0.416 e. The van der Waals surface area contributed by atoms with Crippen molar-refractivity contribution in [1.82, 2.24) is 0 Å². The zero-order valence-electron chi connectivity index (χ0n) is 19.4. The normalized spacial score (nSPS) is 15.7. The quantitative estimate of drug-likeness (QED) is 0.368. The Morgan fingerprint density at radius 3 is 2.53 bits per heavy atom. The molecule has 7 nitrogen and oxygen atoms in total. The lowest BCUT2D eigenvalue weighted by molar-refractivity contribution is -0.144. The third kappa shape index (κ3) is 6.03. The predicted molar refractivity (Wildman–Crippen MR) is 129 cm³/mol. The van der Waals surface area contributed by atoms with Crippen molar-refractivity contribution in [1.29, 1.82) is 0 Å². The maximum Gasteiger partial charge on any atom is 0.416 e. The minimum atomic E-state index is -4.77. The van der Waals surface area contributed by atoms with Crippen LogP contribution in [-0.4, -0.2) is 38.7 Å². The first kappa shape index (κ1) is 27.7. The fourth-order valence-corrected chi connectivity index (χ4v) is 5.74. The van der Waals surface area contributed by atoms with Gasteiger partial charge >= 0.3 is 12.1 Å². The molecule has 0 radical (unpaired) electrons. The van der Waals surface area contributed by atoms with Crippen LogP contribution in [-0.2, 0) is 38.8 Å². The van der Waals surface area contributed by atoms with E-state index in [0.29, 0.717) is 11.6 Å². The van der Waals surface area contributed by atoms with Crippen LogP contribution in [0.1, 0.15) is 16.7 Å². The molecule has 1 N–H and O–H groups in total. The van der Waals surface area contributed by atoms with Crippen LogP contribution < -0.4 is 9.04 Å². The summed E-state index contributed by atoms with van der Waals surface area (Å²) in [6.07, 6.45) is -5.52. The van der Waals surface area contributed by atoms with Gasteiger partial charge < -0.3 is 14.6 Å². The van der Waals surface area contributed by atoms with E-state index < -0.39 is 51.2 Å². The molecule has 1 aliphatic heterocycles. The molecule has 1 unspecified atom stereocenters. The van der Waals surface area contributed by atoms with Gasteiger partial charge in [0.2, 0.25) is 0 Å². The SMILES string of the molecule is O=C(O)COC1Cc2ccc(OCc3c(F)cccc3Cl)cc2N(S(=O)(=O)c2cccc(C(F)(F)F)c2)C1. The molecule has 0 amide bonds. The maximum absolute atomic E-state index is 14.1. The minimum absolute atomic E-state index is 0.0856. The number of carbonyl (C=O) groups is 1. The highest BCUT2D eigenvalue weighted by atomic mass is 35.5. The second-order valence-corrected chi connectivity index (χ2v) is 10.6. The third-order valence-corrected chi connectivity index (χ3v) is 7.91. The van der Waals surface area contributed by atoms with Crippen LogP contribution >= 0.6 is 11.6 Å². The van der Waals surface area contributed by atoms with Crippen LogP contribution in [0.2, 0.25) is 5.02 Å². The van der Waals surface area contributed by atoms with E-state index in [0.717, 1.165) is 22.5 Å². The van der Waals surface area contributed by atoms with Gasteiger partial charge in [-0.1, -0.05) is 29.8 Å². The van der Waals surface area contributed by atoms with Gasteiger partial charge in [0.25, 0.3) is 10.0 Å². The molecule has 202 valence electrons. The van der Waals surface area contributed by atoms with Crippen LogP contribution in [0, 0.1) is 5.82 Å². The Labute approximate surface area is 220 Å². The van der Waals surface area contributed by atoms with Crippen LogP contribution in [0.3, 0.4) is 0 Å². The third-order valence-electron chi connectivity index (χ3n) is 5.78. The average Bonchev–Trinajstić information content (AvgIpc) is 2.86. The monoisotopic (exact) mass is 573 g/mol. The van der Waals surface area contributed by atoms with Crippen molar-refractivity contribution in [3.05, 3.63) is 88.2 Å². The number of carboxylic acids is 1. The Morgan fingerprint density at radius 2 is 1.84 bits per heavy atom. The molecule has 0 aliphatic carbocycles. The van der Waals surface area contributed by atoms with E-state index in [9.17, 15) is 30.8 Å². The van der Waals surface area contributed by atoms with Crippen molar-refractivity contribution in [2.75, 3.05) is 17.5 Å². The van der Waals surface area contributed by atoms with Gasteiger partial charge in [-0.05, 0) is 42.0 Å². The molecule has 3 aromatic rings. The number of rotatable bonds is 8. The molecule has 0 spiro atoms. The number of anilines is 1. The molecule has 0 fully saturated rings. The van der Waals surface area contributed by atoms with Crippen LogP contribution in [0.15, 0.2) is 65.6 Å². The Balaban J connectivity index is 1.71. The summed E-state index contributed by atoms with van der Waals surface area (Å²) in [6, 6.07) is 11.8. The van der Waals surface area contributed by atoms with Crippen molar-refractivity contribution in [3.63, 3.8) is 0 Å². The van der Waals surface area contributed by atoms with Gasteiger partial charge in [0.05, 0.1) is 33.8 Å². The molecular weight excluding hydrogens is 554 g/mol. The summed E-state index contributed by atoms with van der Waals surface area (Å²) in [6.45, 7) is -1.32. The molecule has 3 aromatic carbocycles. The molecule has 0 saturated heterocycles. The van der Waals surface area contributed by atoms with E-state index in [1.165, 1.54) is 36.4 Å². The highest BCUT2D eigenvalue weighted by molar-refractivity contribution is 7.92. The second-order valence-electron chi connectivity index (χ2n) is 8.37. The average molecular weight is 574 g/mol. The number of hydrogen-bond acceptors (Lipinski definition) is 5. The summed E-state index contributed by atoms with van der Waals surface area (Å²) >= 11 is 6.03. The fourth-order valence-electron chi connectivity index (χ4n) is 3.95. The Hall–Kier alpha value is -3.35. The summed E-state index contributed by atoms with van der Waals surface area (Å²) in [4.78, 5) is 10.4. The van der Waals surface area contributed by atoms with Crippen molar-refractivity contribution in [3.8, 4) is 5.75 Å². The first-order chi connectivity index (χ1) is 17.9. The molecule has 38 heavy (non-hydrogen) atoms. The second kappa shape index (κ2) is 10.8. The topological polar surface area (TPSA) is 93.1 Å². The van der Waals surface area contributed by atoms with Gasteiger partial charge in [0, 0.05) is 18.1 Å². The number of nitrogens with zero attached hydrogens (tertiary/aromatic N) is 1. The van der Waals surface area contributed by atoms with Crippen LogP contribution in [0.5, 0.6) is 5.75 Å². The molecule has 1 aliphatic rings. The number of aliphatic carboxylic acids is 1. The molecule has 1 atom stereocenters. The molecule has 1 heterocycles. The predicted octanol–water partition coefficient (Wildman–Crippen LogP) is 5.30. The van der Waals surface area contributed by atoms with E-state index in [1.807, 2.05) is 0 Å². The number of carboxylic acid groups (broad SMARTS) is 1. The molecule has 0 aromatic heterocycles. The first-order valence-electron chi connectivity index (χ1n) is 11.1. The first-order valence-corrected chi connectivity index (χ1v) is 12.9. The van der Waals surface area contributed by atoms with E-state index in [4.69, 9.17) is 26.2 Å². The van der Waals surface area contributed by atoms with Gasteiger partial charge in [0.1, 0.15) is 24.8 Å². The maximum atomic E-state index is 14.1. The number of hydrogen-bond donors (Lipinski definition) is 1. The summed E-state index contributed by atoms with van der Waals surface area (Å²) in [5.41, 5.74) is -0.524. The van der Waals surface area contributed by atoms with Crippen molar-refractivity contribution in [2.24, 2.45) is 0 Å². The largest absolute Gasteiger partial charge is 0.489 e. The number of benzene rings is 3. The van der Waals surface area contributed by atoms with E-state index >= 15 is 0 Å². The van der Waals surface area contributed by atoms with Gasteiger partial charge in [-0.25, -0.2) is 17.6 Å². The van der Waals surface area contributed by atoms with Gasteiger partial charge in [-0.3, -0.25) is 4.31 Å². The van der Waals surface area contributed by atoms with E-state index in [1.54, 1.807) is 0 Å². The summed E-state index contributed by atoms with van der Waals surface area (Å²) in [7, 11) is -4.56. The zero-order valence-corrected chi connectivity index (χ0v) is 21.0. The lowest BCUT2D eigenvalue weighted by Gasteiger charge is -2.35. The van der Waals surface area contributed by atoms with Crippen molar-refractivity contribution >= 4 is 33.3 Å². The Kier molecular flexibility index (Phi) is 7.86. The van der Waals surface area contributed by atoms with Crippen molar-refractivity contribution in [2.45, 2.75) is 30.2 Å². The zero-order chi connectivity index (χ0) is 27.7. The minimum Gasteiger partial charge on any atom is -0.489 e. The molecule has 0 bridgehead atoms. The summed E-state index contributed by atoms with van der Waals surface area (Å²) < 4.78 is 92.9. The van der Waals surface area contributed by atoms with Gasteiger partial charge in [-0.2, -0.15) is 13.2 Å². The highest BCUT2D eigenvalue weighted by Crippen LogP contribution is 2.37. The summed E-state index contributed by atoms with van der Waals surface area (Å²) in [5.74, 6) is -1.71. The lowest BCUT2D eigenvalue weighted by Crippen LogP contribution is -2.44. The summed E-state index contributed by atoms with van der Waals surface area (Å²) in [5, 5.41) is 9.10. The lowest BCUT2D eigenvalue weighted by atomic mass is 10.0. The van der Waals surface area contributed by atoms with E-state index in [2.05, 4.69) is 0 Å². The van der Waals surface area contributed by atoms with Gasteiger partial charge in [-0.15, -0.1) is 0 Å². The van der Waals surface area contributed by atoms with Gasteiger partial charge in [0.15, 0.2) is 0 Å². The number of halogens is 5. The van der Waals surface area contributed by atoms with Crippen molar-refractivity contribution < 1.29 is 45.4 Å². The fraction of sp³-hybridized carbons (Fsp3) is 0.240. The highest BCUT2D eigenvalue weighted by Gasteiger charge is 2.37. The number of fused-ring (bicyclic) bond motifs is 1. The molecule has 4 rings (SSSR count). The van der Waals surface area contributed by atoms with Crippen LogP contribution in [0.25, 0.3) is 0 Å². The standard InChI is InChI=1S/C25H20ClF4NO6S/c26-21-5-2-6-22(27)20(21)13-36-17-8-7-15-9-18(37-14-24(32)33)12-31(23(15)11-17)38(34,35)19-4-1-3-16(10-19)25(28,29)30/h1-8,10-11,18H,9,12-14H2,(H,32,33). The number of alkyl halides is 3. The van der Waals surface area contributed by atoms with Crippen LogP contribution in [0.4, 0.5) is 23.2 Å². The number of ether oxygens (including phenoxy) is 2. The molecule has 13 heteroatoms. The molecular formula is C25H20ClF4NO6S. The Morgan fingerprint density at radius 1 is 1.11 bits per heavy atom. The Bertz CT molecular complexity index is 1440. The number of sulfonamides is 1.